The molecule has 1 saturated carbocycles. The third kappa shape index (κ3) is 5.14. The number of hydrogen-bond acceptors (Lipinski definition) is 7. The Morgan fingerprint density at radius 2 is 1.44 bits per heavy atom. The zero-order valence-corrected chi connectivity index (χ0v) is 30.4. The molecule has 7 rings (SSSR count). The van der Waals surface area contributed by atoms with Gasteiger partial charge in [0.25, 0.3) is 23.6 Å². The molecule has 20 heteroatoms. The third-order valence-corrected chi connectivity index (χ3v) is 12.5. The molecule has 9 nitrogen and oxygen atoms in total. The second-order valence-corrected chi connectivity index (χ2v) is 15.4. The number of fused-ring (bicyclic) bond motifs is 4. The van der Waals surface area contributed by atoms with E-state index in [4.69, 9.17) is 34.8 Å². The lowest BCUT2D eigenvalue weighted by Gasteiger charge is -2.50. The molecule has 0 bridgehead atoms. The van der Waals surface area contributed by atoms with E-state index in [2.05, 4.69) is 4.98 Å². The average molecular weight is 838 g/mol. The number of carbonyl (C=O) groups is 4. The number of phenolic OH excluding ortho intramolecular Hbond substituents is 1. The molecule has 4 aliphatic rings. The first-order valence-corrected chi connectivity index (χ1v) is 17.3. The van der Waals surface area contributed by atoms with Crippen LogP contribution in [0.1, 0.15) is 41.1 Å². The van der Waals surface area contributed by atoms with E-state index in [9.17, 15) is 50.6 Å². The maximum absolute atomic E-state index is 15.3. The van der Waals surface area contributed by atoms with Crippen LogP contribution in [0.5, 0.6) is 5.75 Å². The number of hydrogen-bond donors (Lipinski definition) is 1. The van der Waals surface area contributed by atoms with Crippen molar-refractivity contribution in [3.05, 3.63) is 92.4 Å². The lowest BCUT2D eigenvalue weighted by atomic mass is 9.56. The fraction of sp³-hybridized carbons (Fsp3) is 0.343. The van der Waals surface area contributed by atoms with Gasteiger partial charge >= 0.3 is 6.18 Å². The Morgan fingerprint density at radius 3 is 2.00 bits per heavy atom. The molecule has 3 fully saturated rings. The molecular weight excluding hydrogens is 815 g/mol. The SMILES string of the molecule is Cc1cc([C@H]2C3=CC[C@@H]4C(=O)N(N(C)c5nc(C(F)(F)F)ccc5Cl)C(=O)[C@@H]4[C@@H]3C[C@@]3(Cl)C(=O)N(c4c(F)c(F)c(F)c(F)c4F)C(=O)[C@@]23Cl)cc(C)c1O. The first kappa shape index (κ1) is 38.8. The lowest BCUT2D eigenvalue weighted by Crippen LogP contribution is -2.60. The number of carbonyl (C=O) groups excluding carboxylic acids is 4. The van der Waals surface area contributed by atoms with Gasteiger partial charge < -0.3 is 5.11 Å². The van der Waals surface area contributed by atoms with Crippen molar-refractivity contribution in [1.29, 1.82) is 0 Å². The molecule has 2 aliphatic carbocycles. The number of hydrazine groups is 1. The van der Waals surface area contributed by atoms with Gasteiger partial charge in [-0.15, -0.1) is 23.2 Å². The Kier molecular flexibility index (Phi) is 8.82. The Bertz CT molecular complexity index is 2280. The molecule has 0 unspecified atom stereocenters. The number of imide groups is 2. The van der Waals surface area contributed by atoms with Gasteiger partial charge in [0.1, 0.15) is 17.1 Å². The van der Waals surface area contributed by atoms with Crippen LogP contribution in [0.3, 0.4) is 0 Å². The quantitative estimate of drug-likeness (QED) is 0.0730. The molecule has 4 amide bonds. The third-order valence-electron chi connectivity index (χ3n) is 10.8. The van der Waals surface area contributed by atoms with Crippen molar-refractivity contribution in [2.75, 3.05) is 17.0 Å². The standard InChI is InChI=1S/C35H23Cl3F8N4O5/c1-11-8-13(9-12(2)27(11)51)20-14-4-5-15-19(30(53)50(29(15)52)48(3)28-17(36)6-7-18(47-28)35(44,45)46)16(14)10-33(37)31(54)49(32(55)34(20,33)38)26-24(42)22(40)21(39)23(41)25(26)43/h4,6-9,15-16,19-20,51H,5,10H2,1-3H3/t15-,16+,19-,20-,33+,34-/m0/s1. The van der Waals surface area contributed by atoms with E-state index >= 15 is 8.78 Å². The van der Waals surface area contributed by atoms with Crippen LogP contribution in [0.15, 0.2) is 35.9 Å². The molecule has 3 aromatic rings. The summed E-state index contributed by atoms with van der Waals surface area (Å²) in [6.07, 6.45) is -4.55. The van der Waals surface area contributed by atoms with Crippen LogP contribution in [0.2, 0.25) is 5.02 Å². The highest BCUT2D eigenvalue weighted by Crippen LogP contribution is 2.66. The van der Waals surface area contributed by atoms with E-state index in [1.807, 2.05) is 0 Å². The fourth-order valence-corrected chi connectivity index (χ4v) is 9.45. The number of phenols is 1. The van der Waals surface area contributed by atoms with Gasteiger partial charge in [-0.05, 0) is 61.4 Å². The summed E-state index contributed by atoms with van der Waals surface area (Å²) in [5.74, 6) is -24.4. The van der Waals surface area contributed by atoms with Gasteiger partial charge in [-0.2, -0.15) is 18.2 Å². The monoisotopic (exact) mass is 836 g/mol. The Hall–Kier alpha value is -4.48. The first-order valence-electron chi connectivity index (χ1n) is 16.1. The van der Waals surface area contributed by atoms with E-state index in [1.54, 1.807) is 0 Å². The van der Waals surface area contributed by atoms with Crippen LogP contribution in [0.25, 0.3) is 0 Å². The summed E-state index contributed by atoms with van der Waals surface area (Å²) < 4.78 is 114. The molecule has 0 radical (unpaired) electrons. The summed E-state index contributed by atoms with van der Waals surface area (Å²) in [5.41, 5.74) is -2.71. The highest BCUT2D eigenvalue weighted by atomic mass is 35.5. The molecule has 55 heavy (non-hydrogen) atoms. The Balaban J connectivity index is 1.40. The maximum Gasteiger partial charge on any atom is 0.433 e. The number of aryl methyl sites for hydroxylation is 2. The van der Waals surface area contributed by atoms with Gasteiger partial charge in [0, 0.05) is 13.0 Å². The van der Waals surface area contributed by atoms with Crippen LogP contribution < -0.4 is 9.91 Å². The Morgan fingerprint density at radius 1 is 0.873 bits per heavy atom. The van der Waals surface area contributed by atoms with Crippen LogP contribution in [0, 0.1) is 60.7 Å². The van der Waals surface area contributed by atoms with Gasteiger partial charge in [-0.1, -0.05) is 35.4 Å². The summed E-state index contributed by atoms with van der Waals surface area (Å²) in [6.45, 7) is 2.93. The molecule has 0 spiro atoms. The number of anilines is 2. The number of nitrogens with zero attached hydrogens (tertiary/aromatic N) is 4. The van der Waals surface area contributed by atoms with Crippen LogP contribution in [-0.2, 0) is 25.4 Å². The first-order chi connectivity index (χ1) is 25.5. The van der Waals surface area contributed by atoms with Crippen LogP contribution in [-0.4, -0.2) is 55.5 Å². The smallest absolute Gasteiger partial charge is 0.433 e. The summed E-state index contributed by atoms with van der Waals surface area (Å²) >= 11 is 20.4. The number of aromatic hydroxyl groups is 1. The van der Waals surface area contributed by atoms with E-state index in [-0.39, 0.29) is 44.4 Å². The van der Waals surface area contributed by atoms with Gasteiger partial charge in [0.15, 0.2) is 38.8 Å². The largest absolute Gasteiger partial charge is 0.507 e. The topological polar surface area (TPSA) is 111 Å². The van der Waals surface area contributed by atoms with E-state index in [0.29, 0.717) is 11.1 Å². The summed E-state index contributed by atoms with van der Waals surface area (Å²) in [7, 11) is 1.06. The number of benzene rings is 2. The van der Waals surface area contributed by atoms with Crippen molar-refractivity contribution in [1.82, 2.24) is 9.99 Å². The van der Waals surface area contributed by atoms with Gasteiger partial charge in [0.05, 0.1) is 16.9 Å². The molecule has 1 aromatic heterocycles. The molecule has 290 valence electrons. The molecule has 6 atom stereocenters. The van der Waals surface area contributed by atoms with Crippen molar-refractivity contribution < 1.29 is 59.4 Å². The van der Waals surface area contributed by atoms with Crippen LogP contribution >= 0.6 is 34.8 Å². The summed E-state index contributed by atoms with van der Waals surface area (Å²) in [6, 6.07) is 4.16. The Labute approximate surface area is 320 Å². The number of halogens is 11. The van der Waals surface area contributed by atoms with Crippen molar-refractivity contribution in [3.8, 4) is 5.75 Å². The molecule has 2 aromatic carbocycles. The van der Waals surface area contributed by atoms with Gasteiger partial charge in [-0.25, -0.2) is 31.8 Å². The molecule has 2 aliphatic heterocycles. The molecule has 3 heterocycles. The second kappa shape index (κ2) is 12.5. The predicted octanol–water partition coefficient (Wildman–Crippen LogP) is 7.39. The fourth-order valence-electron chi connectivity index (χ4n) is 8.29. The van der Waals surface area contributed by atoms with Crippen LogP contribution in [0.4, 0.5) is 46.6 Å². The zero-order chi connectivity index (χ0) is 40.6. The zero-order valence-electron chi connectivity index (χ0n) is 28.1. The van der Waals surface area contributed by atoms with Crippen molar-refractivity contribution in [2.24, 2.45) is 17.8 Å². The van der Waals surface area contributed by atoms with Crippen molar-refractivity contribution in [2.45, 2.75) is 48.5 Å². The summed E-state index contributed by atoms with van der Waals surface area (Å²) in [5, 5.41) is 11.5. The van der Waals surface area contributed by atoms with E-state index in [1.165, 1.54) is 32.1 Å². The predicted molar refractivity (Wildman–Crippen MR) is 179 cm³/mol. The number of aromatic nitrogens is 1. The molecule has 2 saturated heterocycles. The van der Waals surface area contributed by atoms with Crippen molar-refractivity contribution in [3.63, 3.8) is 0 Å². The highest BCUT2D eigenvalue weighted by molar-refractivity contribution is 6.58. The minimum atomic E-state index is -4.94. The number of pyridine rings is 1. The minimum absolute atomic E-state index is 0.0772. The number of alkyl halides is 5. The molecular formula is C35H23Cl3F8N4O5. The van der Waals surface area contributed by atoms with Gasteiger partial charge in [0.2, 0.25) is 5.82 Å². The average Bonchev–Trinajstić information content (AvgIpc) is 3.46. The van der Waals surface area contributed by atoms with Gasteiger partial charge in [-0.3, -0.25) is 24.2 Å². The lowest BCUT2D eigenvalue weighted by molar-refractivity contribution is -0.141. The number of amides is 4. The number of rotatable bonds is 4. The van der Waals surface area contributed by atoms with E-state index in [0.717, 1.165) is 18.1 Å². The second-order valence-electron chi connectivity index (χ2n) is 13.7. The maximum atomic E-state index is 15.3. The van der Waals surface area contributed by atoms with Crippen molar-refractivity contribution >= 4 is 69.9 Å². The summed E-state index contributed by atoms with van der Waals surface area (Å²) in [4.78, 5) is 54.7. The van der Waals surface area contributed by atoms with E-state index < -0.39 is 116 Å². The normalized spacial score (nSPS) is 27.7. The highest BCUT2D eigenvalue weighted by Gasteiger charge is 2.77. The minimum Gasteiger partial charge on any atom is -0.507 e. The number of allylic oxidation sites excluding steroid dienone is 2. The molecule has 1 N–H and O–H groups in total.